The van der Waals surface area contributed by atoms with Crippen LogP contribution in [0.15, 0.2) is 57.7 Å². The highest BCUT2D eigenvalue weighted by Gasteiger charge is 2.18. The molecule has 3 rings (SSSR count). The third-order valence-electron chi connectivity index (χ3n) is 4.06. The molecule has 0 aliphatic heterocycles. The molecule has 150 valence electrons. The summed E-state index contributed by atoms with van der Waals surface area (Å²) in [4.78, 5) is 24.8. The van der Waals surface area contributed by atoms with E-state index in [1.807, 2.05) is 13.0 Å². The van der Waals surface area contributed by atoms with E-state index in [0.29, 0.717) is 23.1 Å². The normalized spacial score (nSPS) is 11.7. The molecule has 1 amide bonds. The van der Waals surface area contributed by atoms with Crippen molar-refractivity contribution in [2.24, 2.45) is 5.73 Å². The van der Waals surface area contributed by atoms with Crippen LogP contribution in [0.3, 0.4) is 0 Å². The summed E-state index contributed by atoms with van der Waals surface area (Å²) >= 11 is 11.2. The largest absolute Gasteiger partial charge is 0.440 e. The summed E-state index contributed by atoms with van der Waals surface area (Å²) in [6.07, 6.45) is -0.102. The first-order chi connectivity index (χ1) is 13.9. The average Bonchev–Trinajstić information content (AvgIpc) is 2.71. The number of hydrogen-bond acceptors (Lipinski definition) is 5. The highest BCUT2D eigenvalue weighted by molar-refractivity contribution is 7.80. The van der Waals surface area contributed by atoms with E-state index in [-0.39, 0.29) is 27.4 Å². The monoisotopic (exact) mass is 431 g/mol. The van der Waals surface area contributed by atoms with Crippen LogP contribution in [0, 0.1) is 0 Å². The molecule has 0 saturated heterocycles. The lowest BCUT2D eigenvalue weighted by Crippen LogP contribution is -2.41. The van der Waals surface area contributed by atoms with Crippen LogP contribution in [0.4, 0.5) is 5.69 Å². The zero-order valence-corrected chi connectivity index (χ0v) is 17.0. The van der Waals surface area contributed by atoms with Gasteiger partial charge in [0.15, 0.2) is 11.3 Å². The maximum atomic E-state index is 12.5. The fourth-order valence-corrected chi connectivity index (χ4v) is 3.03. The molecule has 9 heteroatoms. The summed E-state index contributed by atoms with van der Waals surface area (Å²) in [5.74, 6) is -0.434. The van der Waals surface area contributed by atoms with E-state index >= 15 is 0 Å². The molecule has 0 fully saturated rings. The summed E-state index contributed by atoms with van der Waals surface area (Å²) < 4.78 is 10.8. The molecule has 0 bridgehead atoms. The number of amides is 1. The van der Waals surface area contributed by atoms with Gasteiger partial charge in [-0.1, -0.05) is 42.8 Å². The molecule has 1 aromatic heterocycles. The third-order valence-corrected chi connectivity index (χ3v) is 4.53. The van der Waals surface area contributed by atoms with E-state index in [1.54, 1.807) is 36.4 Å². The molecule has 29 heavy (non-hydrogen) atoms. The number of thiocarbonyl (C=S) groups is 1. The number of benzene rings is 2. The number of carbonyl (C=O) groups is 1. The van der Waals surface area contributed by atoms with Gasteiger partial charge in [-0.25, -0.2) is 4.79 Å². The second-order valence-corrected chi connectivity index (χ2v) is 6.91. The molecule has 1 unspecified atom stereocenters. The van der Waals surface area contributed by atoms with Crippen molar-refractivity contribution >= 4 is 51.3 Å². The van der Waals surface area contributed by atoms with Crippen molar-refractivity contribution in [3.05, 3.63) is 69.5 Å². The molecular weight excluding hydrogens is 414 g/mol. The van der Waals surface area contributed by atoms with Crippen molar-refractivity contribution in [2.75, 3.05) is 5.32 Å². The SMILES string of the molecule is CCC(NC(N)=S)Oc1oc(=O)c2cc(NC(=O)c3ccccc3)ccc2c1Cl. The Morgan fingerprint density at radius 3 is 2.62 bits per heavy atom. The van der Waals surface area contributed by atoms with Gasteiger partial charge in [-0.05, 0) is 36.5 Å². The van der Waals surface area contributed by atoms with Crippen LogP contribution >= 0.6 is 23.8 Å². The zero-order valence-electron chi connectivity index (χ0n) is 15.4. The van der Waals surface area contributed by atoms with Gasteiger partial charge < -0.3 is 25.5 Å². The number of rotatable bonds is 6. The molecule has 1 atom stereocenters. The number of anilines is 1. The number of nitrogens with two attached hydrogens (primary N) is 1. The summed E-state index contributed by atoms with van der Waals surface area (Å²) in [6, 6.07) is 13.5. The van der Waals surface area contributed by atoms with E-state index in [0.717, 1.165) is 0 Å². The average molecular weight is 432 g/mol. The fourth-order valence-electron chi connectivity index (χ4n) is 2.65. The molecule has 0 aliphatic carbocycles. The molecule has 0 radical (unpaired) electrons. The summed E-state index contributed by atoms with van der Waals surface area (Å²) in [5, 5.41) is 6.30. The lowest BCUT2D eigenvalue weighted by atomic mass is 10.1. The lowest BCUT2D eigenvalue weighted by Gasteiger charge is -2.18. The Hall–Kier alpha value is -3.10. The van der Waals surface area contributed by atoms with Crippen LogP contribution in [0.5, 0.6) is 5.95 Å². The Morgan fingerprint density at radius 1 is 1.24 bits per heavy atom. The van der Waals surface area contributed by atoms with Gasteiger partial charge in [0.1, 0.15) is 5.02 Å². The Balaban J connectivity index is 1.90. The Morgan fingerprint density at radius 2 is 1.97 bits per heavy atom. The van der Waals surface area contributed by atoms with E-state index in [2.05, 4.69) is 10.6 Å². The first-order valence-corrected chi connectivity index (χ1v) is 9.53. The maximum Gasteiger partial charge on any atom is 0.346 e. The fraction of sp³-hybridized carbons (Fsp3) is 0.150. The van der Waals surface area contributed by atoms with E-state index in [1.165, 1.54) is 6.07 Å². The van der Waals surface area contributed by atoms with Crippen molar-refractivity contribution in [1.29, 1.82) is 0 Å². The van der Waals surface area contributed by atoms with Crippen LogP contribution in [0.25, 0.3) is 10.8 Å². The molecular formula is C20H18ClN3O4S. The van der Waals surface area contributed by atoms with Crippen molar-refractivity contribution in [3.8, 4) is 5.95 Å². The summed E-state index contributed by atoms with van der Waals surface area (Å²) in [5.41, 5.74) is 5.74. The van der Waals surface area contributed by atoms with E-state index < -0.39 is 11.9 Å². The quantitative estimate of drug-likeness (QED) is 0.404. The number of carbonyl (C=O) groups excluding carboxylic acids is 1. The molecule has 1 heterocycles. The van der Waals surface area contributed by atoms with Crippen LogP contribution < -0.4 is 26.7 Å². The molecule has 7 nitrogen and oxygen atoms in total. The first-order valence-electron chi connectivity index (χ1n) is 8.74. The van der Waals surface area contributed by atoms with Gasteiger partial charge >= 0.3 is 11.6 Å². The Kier molecular flexibility index (Phi) is 6.36. The first kappa shape index (κ1) is 20.6. The van der Waals surface area contributed by atoms with Gasteiger partial charge in [-0.3, -0.25) is 4.79 Å². The van der Waals surface area contributed by atoms with Crippen LogP contribution in [-0.4, -0.2) is 17.2 Å². The number of halogens is 1. The van der Waals surface area contributed by atoms with Gasteiger partial charge in [0.25, 0.3) is 5.91 Å². The predicted molar refractivity (Wildman–Crippen MR) is 117 cm³/mol. The van der Waals surface area contributed by atoms with Gasteiger partial charge in [0, 0.05) is 23.1 Å². The standard InChI is InChI=1S/C20H18ClN3O4S/c1-2-15(24-20(22)29)27-19-16(21)13-9-8-12(10-14(13)18(26)28-19)23-17(25)11-6-4-3-5-7-11/h3-10,15H,2H2,1H3,(H,23,25)(H3,22,24,29). The van der Waals surface area contributed by atoms with Gasteiger partial charge in [0.2, 0.25) is 0 Å². The number of fused-ring (bicyclic) bond motifs is 1. The van der Waals surface area contributed by atoms with Crippen molar-refractivity contribution < 1.29 is 13.9 Å². The van der Waals surface area contributed by atoms with E-state index in [4.69, 9.17) is 38.7 Å². The molecule has 0 saturated carbocycles. The number of ether oxygens (including phenoxy) is 1. The number of nitrogens with one attached hydrogen (secondary N) is 2. The molecule has 2 aromatic carbocycles. The van der Waals surface area contributed by atoms with Crippen LogP contribution in [0.2, 0.25) is 5.02 Å². The van der Waals surface area contributed by atoms with Gasteiger partial charge in [-0.15, -0.1) is 0 Å². The maximum absolute atomic E-state index is 12.5. The van der Waals surface area contributed by atoms with Crippen LogP contribution in [0.1, 0.15) is 23.7 Å². The second-order valence-electron chi connectivity index (χ2n) is 6.09. The molecule has 0 aliphatic rings. The Bertz CT molecular complexity index is 1120. The molecule has 0 spiro atoms. The van der Waals surface area contributed by atoms with Gasteiger partial charge in [0.05, 0.1) is 5.39 Å². The second kappa shape index (κ2) is 8.93. The minimum absolute atomic E-state index is 0.0508. The minimum Gasteiger partial charge on any atom is -0.440 e. The highest BCUT2D eigenvalue weighted by atomic mass is 35.5. The molecule has 4 N–H and O–H groups in total. The third kappa shape index (κ3) is 4.85. The number of hydrogen-bond donors (Lipinski definition) is 3. The smallest absolute Gasteiger partial charge is 0.346 e. The van der Waals surface area contributed by atoms with Crippen molar-refractivity contribution in [2.45, 2.75) is 19.6 Å². The lowest BCUT2D eigenvalue weighted by molar-refractivity contribution is 0.102. The van der Waals surface area contributed by atoms with Crippen molar-refractivity contribution in [3.63, 3.8) is 0 Å². The summed E-state index contributed by atoms with van der Waals surface area (Å²) in [6.45, 7) is 1.84. The van der Waals surface area contributed by atoms with Crippen LogP contribution in [-0.2, 0) is 0 Å². The zero-order chi connectivity index (χ0) is 21.0. The minimum atomic E-state index is -0.652. The highest BCUT2D eigenvalue weighted by Crippen LogP contribution is 2.32. The van der Waals surface area contributed by atoms with Gasteiger partial charge in [-0.2, -0.15) is 0 Å². The Labute approximate surface area is 176 Å². The predicted octanol–water partition coefficient (Wildman–Crippen LogP) is 3.65. The van der Waals surface area contributed by atoms with E-state index in [9.17, 15) is 9.59 Å². The summed E-state index contributed by atoms with van der Waals surface area (Å²) in [7, 11) is 0. The van der Waals surface area contributed by atoms with Crippen molar-refractivity contribution in [1.82, 2.24) is 5.32 Å². The molecule has 3 aromatic rings. The topological polar surface area (TPSA) is 107 Å².